The van der Waals surface area contributed by atoms with Crippen LogP contribution >= 0.6 is 0 Å². The van der Waals surface area contributed by atoms with Crippen molar-refractivity contribution in [2.45, 2.75) is 6.04 Å². The molecule has 2 rings (SSSR count). The Morgan fingerprint density at radius 3 is 2.44 bits per heavy atom. The van der Waals surface area contributed by atoms with Crippen LogP contribution in [0.1, 0.15) is 11.6 Å². The number of ether oxygens (including phenoxy) is 1. The van der Waals surface area contributed by atoms with Crippen molar-refractivity contribution in [1.82, 2.24) is 0 Å². The Labute approximate surface area is 105 Å². The molecule has 0 heterocycles. The summed E-state index contributed by atoms with van der Waals surface area (Å²) in [6.45, 7) is -0.234. The average Bonchev–Trinajstić information content (AvgIpc) is 2.41. The maximum atomic E-state index is 9.66. The Balaban J connectivity index is 2.25. The van der Waals surface area contributed by atoms with Crippen LogP contribution in [0.25, 0.3) is 0 Å². The molecule has 2 aromatic rings. The van der Waals surface area contributed by atoms with Gasteiger partial charge in [0.05, 0.1) is 12.6 Å². The molecule has 0 aliphatic rings. The minimum absolute atomic E-state index is 0.0527. The Morgan fingerprint density at radius 2 is 1.78 bits per heavy atom. The lowest BCUT2D eigenvalue weighted by atomic mass is 10.1. The van der Waals surface area contributed by atoms with Gasteiger partial charge >= 0.3 is 0 Å². The second kappa shape index (κ2) is 5.53. The summed E-state index contributed by atoms with van der Waals surface area (Å²) in [4.78, 5) is 0. The number of nitrogens with two attached hydrogens (primary N) is 1. The van der Waals surface area contributed by atoms with Crippen LogP contribution in [-0.2, 0) is 0 Å². The third kappa shape index (κ3) is 2.80. The van der Waals surface area contributed by atoms with Crippen LogP contribution in [0, 0.1) is 0 Å². The van der Waals surface area contributed by atoms with Crippen LogP contribution < -0.4 is 10.5 Å². The summed E-state index contributed by atoms with van der Waals surface area (Å²) in [7, 11) is 0. The fourth-order valence-corrected chi connectivity index (χ4v) is 1.62. The number of phenols is 1. The molecule has 0 unspecified atom stereocenters. The molecule has 0 aliphatic carbocycles. The van der Waals surface area contributed by atoms with E-state index in [-0.39, 0.29) is 12.4 Å². The standard InChI is InChI=1S/C14H15NO3/c15-13(9-16)12-8-11(6-7-14(12)17)18-10-4-2-1-3-5-10/h1-8,13,16-17H,9,15H2/t13-/m1/s1. The number of rotatable bonds is 4. The molecule has 0 saturated heterocycles. The molecule has 0 amide bonds. The van der Waals surface area contributed by atoms with Crippen LogP contribution in [0.15, 0.2) is 48.5 Å². The van der Waals surface area contributed by atoms with Crippen molar-refractivity contribution in [2.24, 2.45) is 5.73 Å². The smallest absolute Gasteiger partial charge is 0.128 e. The normalized spacial score (nSPS) is 12.1. The number of benzene rings is 2. The Morgan fingerprint density at radius 1 is 1.06 bits per heavy atom. The monoisotopic (exact) mass is 245 g/mol. The van der Waals surface area contributed by atoms with Gasteiger partial charge in [-0.1, -0.05) is 18.2 Å². The van der Waals surface area contributed by atoms with Crippen molar-refractivity contribution >= 4 is 0 Å². The van der Waals surface area contributed by atoms with Gasteiger partial charge in [0.15, 0.2) is 0 Å². The van der Waals surface area contributed by atoms with Gasteiger partial charge in [-0.15, -0.1) is 0 Å². The summed E-state index contributed by atoms with van der Waals surface area (Å²) in [6, 6.07) is 13.5. The van der Waals surface area contributed by atoms with Crippen LogP contribution in [0.2, 0.25) is 0 Å². The third-order valence-corrected chi connectivity index (χ3v) is 2.57. The zero-order valence-corrected chi connectivity index (χ0v) is 9.78. The highest BCUT2D eigenvalue weighted by Crippen LogP contribution is 2.29. The van der Waals surface area contributed by atoms with E-state index in [1.165, 1.54) is 6.07 Å². The summed E-state index contributed by atoms with van der Waals surface area (Å²) in [5.41, 5.74) is 6.16. The SMILES string of the molecule is N[C@H](CO)c1cc(Oc2ccccc2)ccc1O. The maximum absolute atomic E-state index is 9.66. The van der Waals surface area contributed by atoms with Gasteiger partial charge < -0.3 is 20.7 Å². The Kier molecular flexibility index (Phi) is 3.82. The minimum atomic E-state index is -0.621. The molecule has 0 radical (unpaired) electrons. The van der Waals surface area contributed by atoms with E-state index in [4.69, 9.17) is 15.6 Å². The van der Waals surface area contributed by atoms with Gasteiger partial charge in [-0.25, -0.2) is 0 Å². The summed E-state index contributed by atoms with van der Waals surface area (Å²) in [5.74, 6) is 1.32. The van der Waals surface area contributed by atoms with Gasteiger partial charge in [-0.2, -0.15) is 0 Å². The van der Waals surface area contributed by atoms with E-state index in [0.29, 0.717) is 17.1 Å². The number of aliphatic hydroxyl groups excluding tert-OH is 1. The van der Waals surface area contributed by atoms with Crippen molar-refractivity contribution < 1.29 is 14.9 Å². The van der Waals surface area contributed by atoms with Crippen LogP contribution in [0.3, 0.4) is 0 Å². The number of aliphatic hydroxyl groups is 1. The predicted molar refractivity (Wildman–Crippen MR) is 68.6 cm³/mol. The Hall–Kier alpha value is -2.04. The molecular formula is C14H15NO3. The minimum Gasteiger partial charge on any atom is -0.508 e. The van der Waals surface area contributed by atoms with Gasteiger partial charge in [0.25, 0.3) is 0 Å². The molecule has 94 valence electrons. The first kappa shape index (κ1) is 12.4. The first-order chi connectivity index (χ1) is 8.70. The van der Waals surface area contributed by atoms with E-state index in [0.717, 1.165) is 0 Å². The van der Waals surface area contributed by atoms with Crippen molar-refractivity contribution in [3.63, 3.8) is 0 Å². The lowest BCUT2D eigenvalue weighted by Gasteiger charge is -2.13. The molecule has 0 saturated carbocycles. The second-order valence-electron chi connectivity index (χ2n) is 3.92. The number of para-hydroxylation sites is 1. The molecule has 4 nitrogen and oxygen atoms in total. The summed E-state index contributed by atoms with van der Waals surface area (Å²) >= 11 is 0. The summed E-state index contributed by atoms with van der Waals surface area (Å²) in [5, 5.41) is 18.7. The van der Waals surface area contributed by atoms with Gasteiger partial charge in [0.1, 0.15) is 17.2 Å². The zero-order chi connectivity index (χ0) is 13.0. The van der Waals surface area contributed by atoms with Crippen LogP contribution in [-0.4, -0.2) is 16.8 Å². The molecule has 2 aromatic carbocycles. The van der Waals surface area contributed by atoms with E-state index in [1.54, 1.807) is 12.1 Å². The number of phenolic OH excluding ortho intramolecular Hbond substituents is 1. The zero-order valence-electron chi connectivity index (χ0n) is 9.78. The largest absolute Gasteiger partial charge is 0.508 e. The van der Waals surface area contributed by atoms with E-state index >= 15 is 0 Å². The van der Waals surface area contributed by atoms with E-state index in [1.807, 2.05) is 30.3 Å². The topological polar surface area (TPSA) is 75.7 Å². The van der Waals surface area contributed by atoms with Crippen molar-refractivity contribution in [1.29, 1.82) is 0 Å². The molecule has 0 spiro atoms. The maximum Gasteiger partial charge on any atom is 0.128 e. The fourth-order valence-electron chi connectivity index (χ4n) is 1.62. The first-order valence-electron chi connectivity index (χ1n) is 5.63. The highest BCUT2D eigenvalue weighted by molar-refractivity contribution is 5.42. The van der Waals surface area contributed by atoms with Gasteiger partial charge in [0, 0.05) is 5.56 Å². The summed E-state index contributed by atoms with van der Waals surface area (Å²) in [6.07, 6.45) is 0. The van der Waals surface area contributed by atoms with Gasteiger partial charge in [0.2, 0.25) is 0 Å². The van der Waals surface area contributed by atoms with Crippen LogP contribution in [0.4, 0.5) is 0 Å². The lowest BCUT2D eigenvalue weighted by Crippen LogP contribution is -2.14. The van der Waals surface area contributed by atoms with E-state index < -0.39 is 6.04 Å². The molecular weight excluding hydrogens is 230 g/mol. The third-order valence-electron chi connectivity index (χ3n) is 2.57. The quantitative estimate of drug-likeness (QED) is 0.771. The lowest BCUT2D eigenvalue weighted by molar-refractivity contribution is 0.265. The number of aromatic hydroxyl groups is 1. The van der Waals surface area contributed by atoms with Gasteiger partial charge in [-0.05, 0) is 30.3 Å². The van der Waals surface area contributed by atoms with E-state index in [2.05, 4.69) is 0 Å². The highest BCUT2D eigenvalue weighted by Gasteiger charge is 2.11. The number of hydrogen-bond acceptors (Lipinski definition) is 4. The molecule has 0 aromatic heterocycles. The molecule has 18 heavy (non-hydrogen) atoms. The second-order valence-corrected chi connectivity index (χ2v) is 3.92. The summed E-state index contributed by atoms with van der Waals surface area (Å²) < 4.78 is 5.62. The molecule has 0 bridgehead atoms. The van der Waals surface area contributed by atoms with Crippen LogP contribution in [0.5, 0.6) is 17.2 Å². The van der Waals surface area contributed by atoms with Crippen molar-refractivity contribution in [2.75, 3.05) is 6.61 Å². The van der Waals surface area contributed by atoms with Crippen molar-refractivity contribution in [3.8, 4) is 17.2 Å². The van der Waals surface area contributed by atoms with Crippen molar-refractivity contribution in [3.05, 3.63) is 54.1 Å². The molecule has 4 N–H and O–H groups in total. The number of hydrogen-bond donors (Lipinski definition) is 3. The predicted octanol–water partition coefficient (Wildman–Crippen LogP) is 2.18. The molecule has 0 aliphatic heterocycles. The molecule has 0 fully saturated rings. The van der Waals surface area contributed by atoms with E-state index in [9.17, 15) is 5.11 Å². The Bertz CT molecular complexity index is 514. The fraction of sp³-hybridized carbons (Fsp3) is 0.143. The van der Waals surface area contributed by atoms with Gasteiger partial charge in [-0.3, -0.25) is 0 Å². The molecule has 4 heteroatoms. The highest BCUT2D eigenvalue weighted by atomic mass is 16.5. The average molecular weight is 245 g/mol. The first-order valence-corrected chi connectivity index (χ1v) is 5.63. The molecule has 1 atom stereocenters.